The van der Waals surface area contributed by atoms with E-state index >= 15 is 0 Å². The number of benzene rings is 3. The van der Waals surface area contributed by atoms with E-state index in [4.69, 9.17) is 0 Å². The average Bonchev–Trinajstić information content (AvgIpc) is 3.06. The summed E-state index contributed by atoms with van der Waals surface area (Å²) in [7, 11) is 0. The zero-order valence-electron chi connectivity index (χ0n) is 13.7. The fraction of sp³-hybridized carbons (Fsp3) is 0.0526. The topological polar surface area (TPSA) is 92.4 Å². The lowest BCUT2D eigenvalue weighted by Crippen LogP contribution is -2.23. The van der Waals surface area contributed by atoms with Crippen molar-refractivity contribution in [2.24, 2.45) is 5.10 Å². The van der Waals surface area contributed by atoms with Crippen LogP contribution in [0.25, 0.3) is 21.8 Å². The molecular formula is C19H15N5O2. The SMILES string of the molecule is O=C(Cn1nnc2ccccc21)NN=Cc1c(O)ccc2ccccc12. The molecule has 0 spiro atoms. The van der Waals surface area contributed by atoms with Crippen LogP contribution in [0.15, 0.2) is 65.8 Å². The molecule has 0 aliphatic rings. The van der Waals surface area contributed by atoms with E-state index in [9.17, 15) is 9.90 Å². The number of hydrogen-bond donors (Lipinski definition) is 2. The summed E-state index contributed by atoms with van der Waals surface area (Å²) in [4.78, 5) is 12.1. The normalized spacial score (nSPS) is 11.4. The summed E-state index contributed by atoms with van der Waals surface area (Å²) in [5.41, 5.74) is 4.51. The number of carbonyl (C=O) groups excluding carboxylic acids is 1. The second-order valence-electron chi connectivity index (χ2n) is 5.75. The first-order valence-corrected chi connectivity index (χ1v) is 8.03. The molecule has 4 aromatic rings. The van der Waals surface area contributed by atoms with Gasteiger partial charge in [-0.15, -0.1) is 5.10 Å². The van der Waals surface area contributed by atoms with Crippen LogP contribution in [0.3, 0.4) is 0 Å². The Bertz CT molecular complexity index is 1130. The number of nitrogens with zero attached hydrogens (tertiary/aromatic N) is 4. The molecule has 0 aliphatic heterocycles. The molecule has 0 fully saturated rings. The number of fused-ring (bicyclic) bond motifs is 2. The first-order chi connectivity index (χ1) is 12.7. The third-order valence-corrected chi connectivity index (χ3v) is 4.04. The zero-order valence-corrected chi connectivity index (χ0v) is 13.7. The molecule has 0 atom stereocenters. The number of hydrogen-bond acceptors (Lipinski definition) is 5. The third kappa shape index (κ3) is 2.98. The molecule has 0 radical (unpaired) electrons. The molecule has 0 bridgehead atoms. The van der Waals surface area contributed by atoms with Gasteiger partial charge in [-0.3, -0.25) is 4.79 Å². The van der Waals surface area contributed by atoms with Gasteiger partial charge in [-0.25, -0.2) is 10.1 Å². The van der Waals surface area contributed by atoms with E-state index in [1.54, 1.807) is 6.07 Å². The number of aromatic nitrogens is 3. The molecule has 0 saturated heterocycles. The van der Waals surface area contributed by atoms with E-state index in [0.29, 0.717) is 5.56 Å². The molecule has 4 rings (SSSR count). The highest BCUT2D eigenvalue weighted by molar-refractivity contribution is 6.02. The number of amides is 1. The number of para-hydroxylation sites is 1. The van der Waals surface area contributed by atoms with Crippen molar-refractivity contribution < 1.29 is 9.90 Å². The Balaban J connectivity index is 1.50. The molecule has 1 heterocycles. The molecule has 3 aromatic carbocycles. The predicted molar refractivity (Wildman–Crippen MR) is 98.9 cm³/mol. The van der Waals surface area contributed by atoms with Crippen molar-refractivity contribution >= 4 is 33.9 Å². The summed E-state index contributed by atoms with van der Waals surface area (Å²) < 4.78 is 1.51. The number of phenolic OH excluding ortho intramolecular Hbond substituents is 1. The van der Waals surface area contributed by atoms with Crippen LogP contribution in [0.5, 0.6) is 5.75 Å². The summed E-state index contributed by atoms with van der Waals surface area (Å²) in [6, 6.07) is 18.5. The van der Waals surface area contributed by atoms with Crippen molar-refractivity contribution in [3.8, 4) is 5.75 Å². The number of carbonyl (C=O) groups is 1. The van der Waals surface area contributed by atoms with Crippen molar-refractivity contribution in [1.82, 2.24) is 20.4 Å². The maximum Gasteiger partial charge on any atom is 0.261 e. The quantitative estimate of drug-likeness (QED) is 0.439. The van der Waals surface area contributed by atoms with Gasteiger partial charge in [-0.05, 0) is 29.0 Å². The number of nitrogens with one attached hydrogen (secondary N) is 1. The summed E-state index contributed by atoms with van der Waals surface area (Å²) >= 11 is 0. The van der Waals surface area contributed by atoms with E-state index in [0.717, 1.165) is 21.8 Å². The van der Waals surface area contributed by atoms with Gasteiger partial charge < -0.3 is 5.11 Å². The van der Waals surface area contributed by atoms with Crippen molar-refractivity contribution in [2.45, 2.75) is 6.54 Å². The van der Waals surface area contributed by atoms with E-state index < -0.39 is 0 Å². The van der Waals surface area contributed by atoms with E-state index in [1.165, 1.54) is 10.9 Å². The van der Waals surface area contributed by atoms with Gasteiger partial charge in [0.15, 0.2) is 0 Å². The zero-order chi connectivity index (χ0) is 17.9. The summed E-state index contributed by atoms with van der Waals surface area (Å²) in [5.74, 6) is -0.236. The molecule has 2 N–H and O–H groups in total. The second kappa shape index (κ2) is 6.64. The fourth-order valence-corrected chi connectivity index (χ4v) is 2.79. The molecule has 128 valence electrons. The van der Waals surface area contributed by atoms with Crippen LogP contribution in [0.4, 0.5) is 0 Å². The summed E-state index contributed by atoms with van der Waals surface area (Å²) in [6.45, 7) is -0.000622. The maximum atomic E-state index is 12.1. The molecule has 7 heteroatoms. The Kier molecular flexibility index (Phi) is 4.03. The minimum Gasteiger partial charge on any atom is -0.507 e. The number of rotatable bonds is 4. The van der Waals surface area contributed by atoms with Crippen LogP contribution in [0.2, 0.25) is 0 Å². The van der Waals surface area contributed by atoms with E-state index in [2.05, 4.69) is 20.8 Å². The van der Waals surface area contributed by atoms with Crippen LogP contribution in [-0.2, 0) is 11.3 Å². The van der Waals surface area contributed by atoms with Crippen LogP contribution in [-0.4, -0.2) is 32.2 Å². The summed E-state index contributed by atoms with van der Waals surface area (Å²) in [5, 5.41) is 23.9. The van der Waals surface area contributed by atoms with Gasteiger partial charge in [0.25, 0.3) is 5.91 Å². The second-order valence-corrected chi connectivity index (χ2v) is 5.75. The number of aromatic hydroxyl groups is 1. The van der Waals surface area contributed by atoms with Crippen LogP contribution in [0, 0.1) is 0 Å². The minimum absolute atomic E-state index is 0.000622. The highest BCUT2D eigenvalue weighted by Crippen LogP contribution is 2.25. The molecule has 7 nitrogen and oxygen atoms in total. The van der Waals surface area contributed by atoms with Crippen LogP contribution >= 0.6 is 0 Å². The monoisotopic (exact) mass is 345 g/mol. The molecule has 0 saturated carbocycles. The number of phenols is 1. The molecule has 0 aliphatic carbocycles. The average molecular weight is 345 g/mol. The number of hydrazone groups is 1. The molecular weight excluding hydrogens is 330 g/mol. The first-order valence-electron chi connectivity index (χ1n) is 8.03. The van der Waals surface area contributed by atoms with Gasteiger partial charge in [0.1, 0.15) is 17.8 Å². The van der Waals surface area contributed by atoms with Crippen molar-refractivity contribution in [1.29, 1.82) is 0 Å². The highest BCUT2D eigenvalue weighted by atomic mass is 16.3. The minimum atomic E-state index is -0.336. The van der Waals surface area contributed by atoms with Gasteiger partial charge in [0, 0.05) is 5.56 Å². The van der Waals surface area contributed by atoms with Crippen LogP contribution in [0.1, 0.15) is 5.56 Å². The van der Waals surface area contributed by atoms with Crippen LogP contribution < -0.4 is 5.43 Å². The molecule has 1 amide bonds. The Morgan fingerprint density at radius 2 is 1.92 bits per heavy atom. The molecule has 0 unspecified atom stereocenters. The Morgan fingerprint density at radius 1 is 1.12 bits per heavy atom. The van der Waals surface area contributed by atoms with Crippen molar-refractivity contribution in [2.75, 3.05) is 0 Å². The third-order valence-electron chi connectivity index (χ3n) is 4.04. The first kappa shape index (κ1) is 15.8. The van der Waals surface area contributed by atoms with Gasteiger partial charge in [0.05, 0.1) is 11.7 Å². The lowest BCUT2D eigenvalue weighted by atomic mass is 10.0. The fourth-order valence-electron chi connectivity index (χ4n) is 2.79. The van der Waals surface area contributed by atoms with E-state index in [-0.39, 0.29) is 18.2 Å². The van der Waals surface area contributed by atoms with Gasteiger partial charge >= 0.3 is 0 Å². The maximum absolute atomic E-state index is 12.1. The van der Waals surface area contributed by atoms with Crippen molar-refractivity contribution in [3.05, 3.63) is 66.2 Å². The lowest BCUT2D eigenvalue weighted by Gasteiger charge is -2.05. The van der Waals surface area contributed by atoms with E-state index in [1.807, 2.05) is 54.6 Å². The highest BCUT2D eigenvalue weighted by Gasteiger charge is 2.08. The Hall–Kier alpha value is -3.74. The van der Waals surface area contributed by atoms with Gasteiger partial charge in [-0.1, -0.05) is 47.7 Å². The molecule has 26 heavy (non-hydrogen) atoms. The Labute approximate surface area is 148 Å². The summed E-state index contributed by atoms with van der Waals surface area (Å²) in [6.07, 6.45) is 1.44. The Morgan fingerprint density at radius 3 is 2.85 bits per heavy atom. The lowest BCUT2D eigenvalue weighted by molar-refractivity contribution is -0.121. The predicted octanol–water partition coefficient (Wildman–Crippen LogP) is 2.44. The smallest absolute Gasteiger partial charge is 0.261 e. The largest absolute Gasteiger partial charge is 0.507 e. The van der Waals surface area contributed by atoms with Gasteiger partial charge in [-0.2, -0.15) is 5.10 Å². The van der Waals surface area contributed by atoms with Gasteiger partial charge in [0.2, 0.25) is 0 Å². The van der Waals surface area contributed by atoms with Crippen molar-refractivity contribution in [3.63, 3.8) is 0 Å². The standard InChI is InChI=1S/C19H15N5O2/c25-18-10-9-13-5-1-2-6-14(13)15(18)11-20-22-19(26)12-24-17-8-4-3-7-16(17)21-23-24/h1-11,25H,12H2,(H,22,26). The molecule has 1 aromatic heterocycles.